The number of hydrogen-bond donors (Lipinski definition) is 2. The van der Waals surface area contributed by atoms with Crippen molar-refractivity contribution in [2.75, 3.05) is 0 Å². The summed E-state index contributed by atoms with van der Waals surface area (Å²) in [6, 6.07) is 0. The van der Waals surface area contributed by atoms with Crippen LogP contribution in [0, 0.1) is 11.8 Å². The molecule has 1 aliphatic carbocycles. The fourth-order valence-corrected chi connectivity index (χ4v) is 2.44. The van der Waals surface area contributed by atoms with Gasteiger partial charge in [-0.15, -0.1) is 0 Å². The van der Waals surface area contributed by atoms with Gasteiger partial charge >= 0.3 is 5.97 Å². The molecule has 0 aromatic rings. The highest BCUT2D eigenvalue weighted by Gasteiger charge is 2.51. The molecule has 4 nitrogen and oxygen atoms in total. The number of aliphatic hydroxyl groups is 2. The van der Waals surface area contributed by atoms with Gasteiger partial charge in [-0.05, 0) is 13.3 Å². The molecule has 2 aliphatic rings. The van der Waals surface area contributed by atoms with Crippen LogP contribution in [0.2, 0.25) is 0 Å². The second-order valence-corrected chi connectivity index (χ2v) is 4.74. The second kappa shape index (κ2) is 2.94. The molecule has 1 heterocycles. The zero-order valence-electron chi connectivity index (χ0n) is 8.43. The first-order chi connectivity index (χ1) is 6.42. The van der Waals surface area contributed by atoms with Crippen molar-refractivity contribution in [1.82, 2.24) is 0 Å². The first kappa shape index (κ1) is 9.93. The van der Waals surface area contributed by atoms with Gasteiger partial charge in [0.15, 0.2) is 0 Å². The Morgan fingerprint density at radius 3 is 2.86 bits per heavy atom. The van der Waals surface area contributed by atoms with Crippen LogP contribution < -0.4 is 0 Å². The van der Waals surface area contributed by atoms with E-state index in [9.17, 15) is 15.0 Å². The van der Waals surface area contributed by atoms with Crippen molar-refractivity contribution in [3.05, 3.63) is 0 Å². The average Bonchev–Trinajstić information content (AvgIpc) is 2.31. The molecule has 0 aromatic heterocycles. The van der Waals surface area contributed by atoms with E-state index in [-0.39, 0.29) is 23.9 Å². The van der Waals surface area contributed by atoms with Gasteiger partial charge in [0, 0.05) is 12.3 Å². The van der Waals surface area contributed by atoms with Gasteiger partial charge in [-0.1, -0.05) is 6.92 Å². The van der Waals surface area contributed by atoms with Gasteiger partial charge in [0.1, 0.15) is 6.10 Å². The molecule has 0 radical (unpaired) electrons. The Kier molecular flexibility index (Phi) is 2.08. The summed E-state index contributed by atoms with van der Waals surface area (Å²) >= 11 is 0. The highest BCUT2D eigenvalue weighted by molar-refractivity contribution is 5.74. The van der Waals surface area contributed by atoms with Crippen molar-refractivity contribution >= 4 is 5.97 Å². The zero-order valence-corrected chi connectivity index (χ0v) is 8.43. The molecule has 1 saturated carbocycles. The highest BCUT2D eigenvalue weighted by Crippen LogP contribution is 2.42. The summed E-state index contributed by atoms with van der Waals surface area (Å²) < 4.78 is 5.15. The van der Waals surface area contributed by atoms with Crippen molar-refractivity contribution in [2.24, 2.45) is 11.8 Å². The topological polar surface area (TPSA) is 66.8 Å². The molecule has 4 heteroatoms. The van der Waals surface area contributed by atoms with Crippen molar-refractivity contribution in [3.63, 3.8) is 0 Å². The fraction of sp³-hybridized carbons (Fsp3) is 0.900. The number of rotatable bonds is 0. The smallest absolute Gasteiger partial charge is 0.309 e. The minimum Gasteiger partial charge on any atom is -0.462 e. The van der Waals surface area contributed by atoms with Crippen LogP contribution in [0.25, 0.3) is 0 Å². The van der Waals surface area contributed by atoms with Gasteiger partial charge < -0.3 is 14.9 Å². The molecule has 2 rings (SSSR count). The molecule has 5 atom stereocenters. The van der Waals surface area contributed by atoms with Crippen molar-refractivity contribution < 1.29 is 19.7 Å². The van der Waals surface area contributed by atoms with Crippen LogP contribution in [0.15, 0.2) is 0 Å². The van der Waals surface area contributed by atoms with E-state index in [1.807, 2.05) is 6.92 Å². The van der Waals surface area contributed by atoms with Crippen LogP contribution in [-0.4, -0.2) is 34.0 Å². The fourth-order valence-electron chi connectivity index (χ4n) is 2.44. The maximum absolute atomic E-state index is 11.3. The maximum Gasteiger partial charge on any atom is 0.309 e. The van der Waals surface area contributed by atoms with Crippen LogP contribution >= 0.6 is 0 Å². The first-order valence-corrected chi connectivity index (χ1v) is 5.03. The van der Waals surface area contributed by atoms with Gasteiger partial charge in [0.05, 0.1) is 17.6 Å². The minimum atomic E-state index is -1.12. The van der Waals surface area contributed by atoms with E-state index in [2.05, 4.69) is 0 Å². The van der Waals surface area contributed by atoms with Gasteiger partial charge in [0.2, 0.25) is 0 Å². The number of ether oxygens (including phenoxy) is 1. The largest absolute Gasteiger partial charge is 0.462 e. The molecule has 0 spiro atoms. The monoisotopic (exact) mass is 200 g/mol. The third kappa shape index (κ3) is 1.33. The molecule has 0 aromatic carbocycles. The van der Waals surface area contributed by atoms with Gasteiger partial charge in [-0.3, -0.25) is 4.79 Å². The number of hydrogen-bond acceptors (Lipinski definition) is 4. The molecule has 5 unspecified atom stereocenters. The Balaban J connectivity index is 2.17. The summed E-state index contributed by atoms with van der Waals surface area (Å²) in [5.74, 6) is -0.284. The van der Waals surface area contributed by atoms with Crippen LogP contribution in [0.4, 0.5) is 0 Å². The summed E-state index contributed by atoms with van der Waals surface area (Å²) in [4.78, 5) is 11.3. The number of carbonyl (C=O) groups excluding carboxylic acids is 1. The van der Waals surface area contributed by atoms with Crippen LogP contribution in [0.3, 0.4) is 0 Å². The van der Waals surface area contributed by atoms with Crippen LogP contribution in [0.1, 0.15) is 26.7 Å². The molecule has 1 aliphatic heterocycles. The molecule has 2 fully saturated rings. The zero-order chi connectivity index (χ0) is 10.5. The SMILES string of the molecule is CC1C(=O)OC2CC(C)(O)C(O)CC21. The van der Waals surface area contributed by atoms with Gasteiger partial charge in [-0.25, -0.2) is 0 Å². The van der Waals surface area contributed by atoms with Gasteiger partial charge in [-0.2, -0.15) is 0 Å². The van der Waals surface area contributed by atoms with Crippen molar-refractivity contribution in [1.29, 1.82) is 0 Å². The lowest BCUT2D eigenvalue weighted by molar-refractivity contribution is -0.152. The standard InChI is InChI=1S/C10H16O4/c1-5-6-3-8(11)10(2,13)4-7(6)14-9(5)12/h5-8,11,13H,3-4H2,1-2H3. The molecular formula is C10H16O4. The summed E-state index contributed by atoms with van der Waals surface area (Å²) in [7, 11) is 0. The third-order valence-corrected chi connectivity index (χ3v) is 3.59. The van der Waals surface area contributed by atoms with Crippen molar-refractivity contribution in [2.45, 2.75) is 44.5 Å². The molecule has 80 valence electrons. The second-order valence-electron chi connectivity index (χ2n) is 4.74. The first-order valence-electron chi connectivity index (χ1n) is 5.03. The predicted octanol–water partition coefficient (Wildman–Crippen LogP) is 0.0698. The van der Waals surface area contributed by atoms with E-state index >= 15 is 0 Å². The third-order valence-electron chi connectivity index (χ3n) is 3.59. The summed E-state index contributed by atoms with van der Waals surface area (Å²) in [6.45, 7) is 3.41. The maximum atomic E-state index is 11.3. The summed E-state index contributed by atoms with van der Waals surface area (Å²) in [5.41, 5.74) is -1.12. The number of carbonyl (C=O) groups is 1. The lowest BCUT2D eigenvalue weighted by Crippen LogP contribution is -2.49. The molecule has 14 heavy (non-hydrogen) atoms. The van der Waals surface area contributed by atoms with E-state index in [4.69, 9.17) is 4.74 Å². The van der Waals surface area contributed by atoms with E-state index in [0.717, 1.165) is 0 Å². The number of esters is 1. The van der Waals surface area contributed by atoms with Crippen LogP contribution in [0.5, 0.6) is 0 Å². The Morgan fingerprint density at radius 2 is 2.21 bits per heavy atom. The number of aliphatic hydroxyl groups excluding tert-OH is 1. The van der Waals surface area contributed by atoms with Crippen molar-refractivity contribution in [3.8, 4) is 0 Å². The lowest BCUT2D eigenvalue weighted by atomic mass is 9.73. The molecule has 0 amide bonds. The van der Waals surface area contributed by atoms with E-state index in [1.54, 1.807) is 6.92 Å². The lowest BCUT2D eigenvalue weighted by Gasteiger charge is -2.39. The Labute approximate surface area is 82.9 Å². The number of fused-ring (bicyclic) bond motifs is 1. The molecular weight excluding hydrogens is 184 g/mol. The van der Waals surface area contributed by atoms with E-state index < -0.39 is 11.7 Å². The average molecular weight is 200 g/mol. The van der Waals surface area contributed by atoms with E-state index in [0.29, 0.717) is 12.8 Å². The van der Waals surface area contributed by atoms with E-state index in [1.165, 1.54) is 0 Å². The molecule has 0 bridgehead atoms. The Morgan fingerprint density at radius 1 is 1.57 bits per heavy atom. The predicted molar refractivity (Wildman–Crippen MR) is 48.4 cm³/mol. The minimum absolute atomic E-state index is 0.0673. The highest BCUT2D eigenvalue weighted by atomic mass is 16.6. The summed E-state index contributed by atoms with van der Waals surface area (Å²) in [5, 5.41) is 19.5. The Hall–Kier alpha value is -0.610. The molecule has 2 N–H and O–H groups in total. The normalized spacial score (nSPS) is 52.7. The Bertz CT molecular complexity index is 261. The quantitative estimate of drug-likeness (QED) is 0.543. The van der Waals surface area contributed by atoms with Crippen LogP contribution in [-0.2, 0) is 9.53 Å². The summed E-state index contributed by atoms with van der Waals surface area (Å²) in [6.07, 6.45) is -0.170. The molecule has 1 saturated heterocycles. The van der Waals surface area contributed by atoms with Gasteiger partial charge in [0.25, 0.3) is 0 Å².